The van der Waals surface area contributed by atoms with Crippen molar-refractivity contribution in [2.24, 2.45) is 0 Å². The van der Waals surface area contributed by atoms with Gasteiger partial charge < -0.3 is 15.2 Å². The summed E-state index contributed by atoms with van der Waals surface area (Å²) in [6.45, 7) is 0.594. The van der Waals surface area contributed by atoms with Gasteiger partial charge in [0.1, 0.15) is 5.75 Å². The SMILES string of the molecule is COc1ccc(CNc2nc(C(=O)O)cs2)cc1. The van der Waals surface area contributed by atoms with E-state index in [-0.39, 0.29) is 5.69 Å². The summed E-state index contributed by atoms with van der Waals surface area (Å²) in [4.78, 5) is 14.6. The van der Waals surface area contributed by atoms with Crippen molar-refractivity contribution in [3.05, 3.63) is 40.9 Å². The number of carboxylic acids is 1. The van der Waals surface area contributed by atoms with Crippen LogP contribution in [0.15, 0.2) is 29.6 Å². The Bertz CT molecular complexity index is 537. The van der Waals surface area contributed by atoms with Gasteiger partial charge >= 0.3 is 5.97 Å². The van der Waals surface area contributed by atoms with Crippen LogP contribution in [0.1, 0.15) is 16.1 Å². The molecule has 1 aromatic carbocycles. The van der Waals surface area contributed by atoms with Crippen LogP contribution in [0, 0.1) is 0 Å². The van der Waals surface area contributed by atoms with Crippen molar-refractivity contribution in [3.63, 3.8) is 0 Å². The molecule has 0 radical (unpaired) electrons. The number of hydrogen-bond acceptors (Lipinski definition) is 5. The van der Waals surface area contributed by atoms with Gasteiger partial charge in [-0.3, -0.25) is 0 Å². The van der Waals surface area contributed by atoms with Crippen LogP contribution in [0.4, 0.5) is 5.13 Å². The lowest BCUT2D eigenvalue weighted by Gasteiger charge is -2.04. The van der Waals surface area contributed by atoms with Gasteiger partial charge in [-0.1, -0.05) is 12.1 Å². The third-order valence-electron chi connectivity index (χ3n) is 2.33. The van der Waals surface area contributed by atoms with E-state index in [0.29, 0.717) is 11.7 Å². The number of hydrogen-bond donors (Lipinski definition) is 2. The molecule has 94 valence electrons. The lowest BCUT2D eigenvalue weighted by Crippen LogP contribution is -2.01. The van der Waals surface area contributed by atoms with Crippen molar-refractivity contribution in [1.29, 1.82) is 0 Å². The number of carboxylic acid groups (broad SMARTS) is 1. The standard InChI is InChI=1S/C12H12N2O3S/c1-17-9-4-2-8(3-5-9)6-13-12-14-10(7-18-12)11(15)16/h2-5,7H,6H2,1H3,(H,13,14)(H,15,16). The highest BCUT2D eigenvalue weighted by atomic mass is 32.1. The normalized spacial score (nSPS) is 10.1. The zero-order valence-electron chi connectivity index (χ0n) is 9.71. The van der Waals surface area contributed by atoms with Gasteiger partial charge in [0.25, 0.3) is 0 Å². The minimum atomic E-state index is -1.01. The van der Waals surface area contributed by atoms with Crippen molar-refractivity contribution < 1.29 is 14.6 Å². The minimum absolute atomic E-state index is 0.0669. The van der Waals surface area contributed by atoms with E-state index in [4.69, 9.17) is 9.84 Å². The van der Waals surface area contributed by atoms with E-state index < -0.39 is 5.97 Å². The van der Waals surface area contributed by atoms with Gasteiger partial charge in [-0.2, -0.15) is 0 Å². The van der Waals surface area contributed by atoms with E-state index in [1.807, 2.05) is 24.3 Å². The Morgan fingerprint density at radius 3 is 2.72 bits per heavy atom. The summed E-state index contributed by atoms with van der Waals surface area (Å²) in [5.74, 6) is -0.204. The highest BCUT2D eigenvalue weighted by Gasteiger charge is 2.07. The Balaban J connectivity index is 1.95. The van der Waals surface area contributed by atoms with Crippen LogP contribution in [-0.4, -0.2) is 23.2 Å². The van der Waals surface area contributed by atoms with Gasteiger partial charge in [0, 0.05) is 11.9 Å². The average molecular weight is 264 g/mol. The molecule has 0 atom stereocenters. The fraction of sp³-hybridized carbons (Fsp3) is 0.167. The Hall–Kier alpha value is -2.08. The highest BCUT2D eigenvalue weighted by molar-refractivity contribution is 7.13. The predicted molar refractivity (Wildman–Crippen MR) is 69.4 cm³/mol. The van der Waals surface area contributed by atoms with Crippen LogP contribution >= 0.6 is 11.3 Å². The molecule has 1 aromatic heterocycles. The summed E-state index contributed by atoms with van der Waals surface area (Å²) >= 11 is 1.28. The number of aromatic nitrogens is 1. The van der Waals surface area contributed by atoms with E-state index in [9.17, 15) is 4.79 Å². The second-order valence-electron chi connectivity index (χ2n) is 3.54. The minimum Gasteiger partial charge on any atom is -0.497 e. The van der Waals surface area contributed by atoms with E-state index in [1.54, 1.807) is 7.11 Å². The number of nitrogens with zero attached hydrogens (tertiary/aromatic N) is 1. The van der Waals surface area contributed by atoms with Gasteiger partial charge in [0.2, 0.25) is 0 Å². The molecule has 0 unspecified atom stereocenters. The summed E-state index contributed by atoms with van der Waals surface area (Å²) < 4.78 is 5.07. The topological polar surface area (TPSA) is 71.5 Å². The fourth-order valence-corrected chi connectivity index (χ4v) is 2.06. The molecule has 1 heterocycles. The number of ether oxygens (including phenoxy) is 1. The Labute approximate surface area is 108 Å². The average Bonchev–Trinajstić information content (AvgIpc) is 2.86. The van der Waals surface area contributed by atoms with Gasteiger partial charge in [-0.25, -0.2) is 9.78 Å². The fourth-order valence-electron chi connectivity index (χ4n) is 1.37. The quantitative estimate of drug-likeness (QED) is 0.868. The molecule has 0 saturated carbocycles. The van der Waals surface area contributed by atoms with Gasteiger partial charge in [-0.05, 0) is 17.7 Å². The first-order valence-electron chi connectivity index (χ1n) is 5.24. The van der Waals surface area contributed by atoms with Gasteiger partial charge in [-0.15, -0.1) is 11.3 Å². The van der Waals surface area contributed by atoms with Crippen LogP contribution in [-0.2, 0) is 6.54 Å². The molecule has 2 rings (SSSR count). The van der Waals surface area contributed by atoms with E-state index >= 15 is 0 Å². The monoisotopic (exact) mass is 264 g/mol. The number of thiazole rings is 1. The second kappa shape index (κ2) is 5.50. The molecule has 0 saturated heterocycles. The number of aromatic carboxylic acids is 1. The maximum absolute atomic E-state index is 10.7. The summed E-state index contributed by atoms with van der Waals surface area (Å²) in [5, 5.41) is 13.9. The summed E-state index contributed by atoms with van der Waals surface area (Å²) in [6, 6.07) is 7.64. The van der Waals surface area contributed by atoms with E-state index in [2.05, 4.69) is 10.3 Å². The number of rotatable bonds is 5. The number of nitrogens with one attached hydrogen (secondary N) is 1. The Morgan fingerprint density at radius 1 is 1.44 bits per heavy atom. The van der Waals surface area contributed by atoms with Crippen LogP contribution in [0.5, 0.6) is 5.75 Å². The summed E-state index contributed by atoms with van der Waals surface area (Å²) in [5.41, 5.74) is 1.14. The third-order valence-corrected chi connectivity index (χ3v) is 3.13. The number of methoxy groups -OCH3 is 1. The molecular formula is C12H12N2O3S. The maximum atomic E-state index is 10.7. The molecule has 0 spiro atoms. The number of anilines is 1. The molecule has 0 aliphatic heterocycles. The maximum Gasteiger partial charge on any atom is 0.355 e. The van der Waals surface area contributed by atoms with Crippen molar-refractivity contribution in [2.45, 2.75) is 6.54 Å². The second-order valence-corrected chi connectivity index (χ2v) is 4.40. The van der Waals surface area contributed by atoms with Crippen LogP contribution in [0.2, 0.25) is 0 Å². The molecule has 2 aromatic rings. The van der Waals surface area contributed by atoms with Crippen molar-refractivity contribution in [1.82, 2.24) is 4.98 Å². The lowest BCUT2D eigenvalue weighted by atomic mass is 10.2. The smallest absolute Gasteiger partial charge is 0.355 e. The zero-order chi connectivity index (χ0) is 13.0. The van der Waals surface area contributed by atoms with Crippen LogP contribution in [0.3, 0.4) is 0 Å². The molecule has 6 heteroatoms. The molecule has 2 N–H and O–H groups in total. The molecular weight excluding hydrogens is 252 g/mol. The first kappa shape index (κ1) is 12.4. The summed E-state index contributed by atoms with van der Waals surface area (Å²) in [7, 11) is 1.62. The van der Waals surface area contributed by atoms with Crippen molar-refractivity contribution in [2.75, 3.05) is 12.4 Å². The molecule has 18 heavy (non-hydrogen) atoms. The van der Waals surface area contributed by atoms with Crippen LogP contribution < -0.4 is 10.1 Å². The van der Waals surface area contributed by atoms with E-state index in [0.717, 1.165) is 11.3 Å². The molecule has 0 aliphatic rings. The molecule has 5 nitrogen and oxygen atoms in total. The predicted octanol–water partition coefficient (Wildman–Crippen LogP) is 2.46. The molecule has 0 aliphatic carbocycles. The number of carbonyl (C=O) groups is 1. The zero-order valence-corrected chi connectivity index (χ0v) is 10.5. The number of benzene rings is 1. The Morgan fingerprint density at radius 2 is 2.17 bits per heavy atom. The Kier molecular flexibility index (Phi) is 3.78. The lowest BCUT2D eigenvalue weighted by molar-refractivity contribution is 0.0691. The molecule has 0 bridgehead atoms. The first-order valence-corrected chi connectivity index (χ1v) is 6.12. The van der Waals surface area contributed by atoms with E-state index in [1.165, 1.54) is 16.7 Å². The van der Waals surface area contributed by atoms with Crippen molar-refractivity contribution >= 4 is 22.4 Å². The highest BCUT2D eigenvalue weighted by Crippen LogP contribution is 2.17. The van der Waals surface area contributed by atoms with Gasteiger partial charge in [0.15, 0.2) is 10.8 Å². The summed E-state index contributed by atoms with van der Waals surface area (Å²) in [6.07, 6.45) is 0. The largest absolute Gasteiger partial charge is 0.497 e. The molecule has 0 amide bonds. The van der Waals surface area contributed by atoms with Gasteiger partial charge in [0.05, 0.1) is 7.11 Å². The van der Waals surface area contributed by atoms with Crippen molar-refractivity contribution in [3.8, 4) is 5.75 Å². The van der Waals surface area contributed by atoms with Crippen LogP contribution in [0.25, 0.3) is 0 Å². The third kappa shape index (κ3) is 2.98. The molecule has 0 fully saturated rings. The first-order chi connectivity index (χ1) is 8.69.